The Kier molecular flexibility index (Phi) is 4.46. The fourth-order valence-electron chi connectivity index (χ4n) is 2.89. The molecular weight excluding hydrogens is 340 g/mol. The highest BCUT2D eigenvalue weighted by molar-refractivity contribution is 6.05. The largest absolute Gasteiger partial charge is 0.326 e. The van der Waals surface area contributed by atoms with Gasteiger partial charge < -0.3 is 10.6 Å². The molecule has 0 radical (unpaired) electrons. The highest BCUT2D eigenvalue weighted by atomic mass is 16.2. The zero-order valence-corrected chi connectivity index (χ0v) is 15.0. The average Bonchev–Trinajstić information content (AvgIpc) is 3.46. The monoisotopic (exact) mass is 360 g/mol. The predicted octanol–water partition coefficient (Wildman–Crippen LogP) is 3.78. The summed E-state index contributed by atoms with van der Waals surface area (Å²) in [6.07, 6.45) is 3.51. The lowest BCUT2D eigenvalue weighted by atomic mass is 10.2. The van der Waals surface area contributed by atoms with Gasteiger partial charge in [0, 0.05) is 17.3 Å². The molecule has 1 heterocycles. The number of hydrogen-bond acceptors (Lipinski definition) is 3. The Morgan fingerprint density at radius 2 is 1.59 bits per heavy atom. The lowest BCUT2D eigenvalue weighted by Gasteiger charge is -2.08. The molecule has 6 nitrogen and oxygen atoms in total. The summed E-state index contributed by atoms with van der Waals surface area (Å²) in [7, 11) is 0. The summed E-state index contributed by atoms with van der Waals surface area (Å²) in [4.78, 5) is 24.4. The SMILES string of the molecule is Cc1c(C(=O)Nc2ccc(NC(=O)C3CC3)cc2)cnn1-c1ccccc1. The number of amides is 2. The molecule has 1 aliphatic rings. The number of carbonyl (C=O) groups excluding carboxylic acids is 2. The van der Waals surface area contributed by atoms with Crippen molar-refractivity contribution >= 4 is 23.2 Å². The molecule has 3 aromatic rings. The summed E-state index contributed by atoms with van der Waals surface area (Å²) in [6, 6.07) is 16.8. The van der Waals surface area contributed by atoms with Gasteiger partial charge in [0.2, 0.25) is 5.91 Å². The van der Waals surface area contributed by atoms with Crippen molar-refractivity contribution in [3.05, 3.63) is 72.1 Å². The number of anilines is 2. The molecule has 0 unspecified atom stereocenters. The van der Waals surface area contributed by atoms with Crippen LogP contribution in [0.2, 0.25) is 0 Å². The minimum absolute atomic E-state index is 0.0655. The molecule has 0 bridgehead atoms. The van der Waals surface area contributed by atoms with Crippen LogP contribution in [0.1, 0.15) is 28.9 Å². The quantitative estimate of drug-likeness (QED) is 0.727. The Morgan fingerprint density at radius 3 is 2.22 bits per heavy atom. The third kappa shape index (κ3) is 3.74. The van der Waals surface area contributed by atoms with Crippen LogP contribution in [0.5, 0.6) is 0 Å². The molecule has 0 spiro atoms. The van der Waals surface area contributed by atoms with E-state index in [-0.39, 0.29) is 17.7 Å². The second-order valence-electron chi connectivity index (χ2n) is 6.69. The fourth-order valence-corrected chi connectivity index (χ4v) is 2.89. The Bertz CT molecular complexity index is 973. The van der Waals surface area contributed by atoms with Gasteiger partial charge >= 0.3 is 0 Å². The van der Waals surface area contributed by atoms with Gasteiger partial charge in [-0.05, 0) is 56.2 Å². The first kappa shape index (κ1) is 17.0. The molecule has 6 heteroatoms. The number of carbonyl (C=O) groups is 2. The van der Waals surface area contributed by atoms with Gasteiger partial charge in [0.15, 0.2) is 0 Å². The maximum Gasteiger partial charge on any atom is 0.259 e. The molecule has 2 aromatic carbocycles. The number of nitrogens with one attached hydrogen (secondary N) is 2. The van der Waals surface area contributed by atoms with E-state index in [9.17, 15) is 9.59 Å². The molecule has 136 valence electrons. The van der Waals surface area contributed by atoms with Gasteiger partial charge in [0.05, 0.1) is 23.1 Å². The van der Waals surface area contributed by atoms with Gasteiger partial charge in [-0.15, -0.1) is 0 Å². The van der Waals surface area contributed by atoms with Crippen molar-refractivity contribution in [2.24, 2.45) is 5.92 Å². The van der Waals surface area contributed by atoms with Crippen LogP contribution in [-0.2, 0) is 4.79 Å². The van der Waals surface area contributed by atoms with Crippen molar-refractivity contribution in [2.75, 3.05) is 10.6 Å². The van der Waals surface area contributed by atoms with Crippen LogP contribution >= 0.6 is 0 Å². The van der Waals surface area contributed by atoms with E-state index in [1.165, 1.54) is 0 Å². The Balaban J connectivity index is 1.44. The molecule has 0 atom stereocenters. The summed E-state index contributed by atoms with van der Waals surface area (Å²) in [5.74, 6) is 0.00805. The molecule has 0 aliphatic heterocycles. The van der Waals surface area contributed by atoms with Crippen LogP contribution in [0.15, 0.2) is 60.8 Å². The van der Waals surface area contributed by atoms with Crippen molar-refractivity contribution in [2.45, 2.75) is 19.8 Å². The van der Waals surface area contributed by atoms with Crippen LogP contribution in [0.25, 0.3) is 5.69 Å². The number of benzene rings is 2. The summed E-state index contributed by atoms with van der Waals surface area (Å²) >= 11 is 0. The zero-order chi connectivity index (χ0) is 18.8. The van der Waals surface area contributed by atoms with Crippen molar-refractivity contribution in [3.8, 4) is 5.69 Å². The summed E-state index contributed by atoms with van der Waals surface area (Å²) in [5, 5.41) is 10.1. The number of hydrogen-bond donors (Lipinski definition) is 2. The van der Waals surface area contributed by atoms with Crippen LogP contribution in [-0.4, -0.2) is 21.6 Å². The van der Waals surface area contributed by atoms with Crippen LogP contribution in [0.4, 0.5) is 11.4 Å². The van der Waals surface area contributed by atoms with E-state index in [1.807, 2.05) is 37.3 Å². The van der Waals surface area contributed by atoms with Crippen molar-refractivity contribution in [1.82, 2.24) is 9.78 Å². The summed E-state index contributed by atoms with van der Waals surface area (Å²) in [5.41, 5.74) is 3.59. The number of para-hydroxylation sites is 1. The fraction of sp³-hybridized carbons (Fsp3) is 0.190. The van der Waals surface area contributed by atoms with Crippen molar-refractivity contribution < 1.29 is 9.59 Å². The summed E-state index contributed by atoms with van der Waals surface area (Å²) < 4.78 is 1.74. The van der Waals surface area contributed by atoms with E-state index in [0.717, 1.165) is 29.9 Å². The van der Waals surface area contributed by atoms with Gasteiger partial charge in [-0.1, -0.05) is 18.2 Å². The highest BCUT2D eigenvalue weighted by Crippen LogP contribution is 2.30. The second kappa shape index (κ2) is 7.07. The smallest absolute Gasteiger partial charge is 0.259 e. The lowest BCUT2D eigenvalue weighted by Crippen LogP contribution is -2.14. The normalized spacial score (nSPS) is 13.2. The third-order valence-electron chi connectivity index (χ3n) is 4.61. The van der Waals surface area contributed by atoms with Crippen LogP contribution in [0, 0.1) is 12.8 Å². The maximum atomic E-state index is 12.6. The van der Waals surface area contributed by atoms with Crippen LogP contribution in [0.3, 0.4) is 0 Å². The minimum atomic E-state index is -0.218. The maximum absolute atomic E-state index is 12.6. The molecule has 0 saturated heterocycles. The molecule has 27 heavy (non-hydrogen) atoms. The van der Waals surface area contributed by atoms with E-state index in [2.05, 4.69) is 15.7 Å². The van der Waals surface area contributed by atoms with E-state index in [0.29, 0.717) is 11.3 Å². The molecule has 4 rings (SSSR count). The third-order valence-corrected chi connectivity index (χ3v) is 4.61. The standard InChI is InChI=1S/C21H20N4O2/c1-14-19(13-22-25(14)18-5-3-2-4-6-18)21(27)24-17-11-9-16(10-12-17)23-20(26)15-7-8-15/h2-6,9-13,15H,7-8H2,1H3,(H,23,26)(H,24,27). The minimum Gasteiger partial charge on any atom is -0.326 e. The molecule has 2 amide bonds. The molecule has 1 aromatic heterocycles. The molecule has 1 aliphatic carbocycles. The van der Waals surface area contributed by atoms with Gasteiger partial charge in [0.25, 0.3) is 5.91 Å². The second-order valence-corrected chi connectivity index (χ2v) is 6.69. The molecule has 2 N–H and O–H groups in total. The molecule has 1 fully saturated rings. The van der Waals surface area contributed by atoms with Crippen molar-refractivity contribution in [1.29, 1.82) is 0 Å². The lowest BCUT2D eigenvalue weighted by molar-refractivity contribution is -0.117. The Labute approximate surface area is 157 Å². The van der Waals surface area contributed by atoms with Crippen molar-refractivity contribution in [3.63, 3.8) is 0 Å². The molecule has 1 saturated carbocycles. The highest BCUT2D eigenvalue weighted by Gasteiger charge is 2.29. The number of aromatic nitrogens is 2. The Morgan fingerprint density at radius 1 is 0.963 bits per heavy atom. The Hall–Kier alpha value is -3.41. The number of nitrogens with zero attached hydrogens (tertiary/aromatic N) is 2. The van der Waals surface area contributed by atoms with Gasteiger partial charge in [-0.3, -0.25) is 9.59 Å². The van der Waals surface area contributed by atoms with E-state index < -0.39 is 0 Å². The number of rotatable bonds is 5. The summed E-state index contributed by atoms with van der Waals surface area (Å²) in [6.45, 7) is 1.87. The first-order chi connectivity index (χ1) is 13.1. The van der Waals surface area contributed by atoms with Gasteiger partial charge in [-0.2, -0.15) is 5.10 Å². The average molecular weight is 360 g/mol. The van der Waals surface area contributed by atoms with E-state index >= 15 is 0 Å². The van der Waals surface area contributed by atoms with E-state index in [4.69, 9.17) is 0 Å². The predicted molar refractivity (Wildman–Crippen MR) is 104 cm³/mol. The topological polar surface area (TPSA) is 76.0 Å². The van der Waals surface area contributed by atoms with Crippen LogP contribution < -0.4 is 10.6 Å². The van der Waals surface area contributed by atoms with Gasteiger partial charge in [-0.25, -0.2) is 4.68 Å². The molecular formula is C21H20N4O2. The first-order valence-electron chi connectivity index (χ1n) is 8.94. The zero-order valence-electron chi connectivity index (χ0n) is 15.0. The van der Waals surface area contributed by atoms with E-state index in [1.54, 1.807) is 35.1 Å². The first-order valence-corrected chi connectivity index (χ1v) is 8.94. The van der Waals surface area contributed by atoms with Gasteiger partial charge in [0.1, 0.15) is 0 Å².